The van der Waals surface area contributed by atoms with Gasteiger partial charge in [-0.15, -0.1) is 10.2 Å². The first-order valence-corrected chi connectivity index (χ1v) is 12.9. The molecule has 4 rings (SSSR count). The fourth-order valence-electron chi connectivity index (χ4n) is 2.99. The number of sulfonamides is 1. The second kappa shape index (κ2) is 10.2. The zero-order valence-corrected chi connectivity index (χ0v) is 20.1. The molecule has 170 valence electrons. The Hall–Kier alpha value is -2.43. The maximum Gasteiger partial charge on any atom is 0.240 e. The zero-order chi connectivity index (χ0) is 23.4. The molecular weight excluding hydrogens is 506 g/mol. The second-order valence-electron chi connectivity index (χ2n) is 6.88. The second-order valence-corrected chi connectivity index (χ2v) is 10.4. The lowest BCUT2D eigenvalue weighted by Crippen LogP contribution is -2.25. The summed E-state index contributed by atoms with van der Waals surface area (Å²) in [4.78, 5) is -0.0607. The number of benzene rings is 3. The number of nitrogens with one attached hydrogen (secondary N) is 1. The molecular formula is C22H17Cl2FN4O2S2. The van der Waals surface area contributed by atoms with Gasteiger partial charge in [0.15, 0.2) is 11.0 Å². The molecule has 1 N–H and O–H groups in total. The van der Waals surface area contributed by atoms with Crippen molar-refractivity contribution in [2.75, 3.05) is 0 Å². The van der Waals surface area contributed by atoms with Crippen molar-refractivity contribution in [3.63, 3.8) is 0 Å². The van der Waals surface area contributed by atoms with Crippen LogP contribution in [-0.4, -0.2) is 23.2 Å². The summed E-state index contributed by atoms with van der Waals surface area (Å²) in [6, 6.07) is 19.4. The van der Waals surface area contributed by atoms with E-state index in [4.69, 9.17) is 23.2 Å². The molecule has 0 unspecified atom stereocenters. The minimum absolute atomic E-state index is 0.0607. The van der Waals surface area contributed by atoms with Crippen LogP contribution in [0.4, 0.5) is 4.39 Å². The van der Waals surface area contributed by atoms with Gasteiger partial charge in [0, 0.05) is 10.8 Å². The van der Waals surface area contributed by atoms with Crippen molar-refractivity contribution in [1.82, 2.24) is 19.5 Å². The van der Waals surface area contributed by atoms with Gasteiger partial charge < -0.3 is 0 Å². The molecule has 3 aromatic carbocycles. The Morgan fingerprint density at radius 3 is 2.42 bits per heavy atom. The van der Waals surface area contributed by atoms with Gasteiger partial charge in [0.2, 0.25) is 10.0 Å². The van der Waals surface area contributed by atoms with Gasteiger partial charge in [-0.3, -0.25) is 4.57 Å². The number of thioether (sulfide) groups is 1. The molecule has 0 amide bonds. The zero-order valence-electron chi connectivity index (χ0n) is 17.0. The number of rotatable bonds is 8. The molecule has 33 heavy (non-hydrogen) atoms. The Morgan fingerprint density at radius 1 is 0.970 bits per heavy atom. The smallest absolute Gasteiger partial charge is 0.240 e. The van der Waals surface area contributed by atoms with Crippen molar-refractivity contribution in [2.24, 2.45) is 0 Å². The van der Waals surface area contributed by atoms with E-state index in [1.807, 2.05) is 30.3 Å². The van der Waals surface area contributed by atoms with E-state index < -0.39 is 15.8 Å². The Kier molecular flexibility index (Phi) is 7.35. The first kappa shape index (κ1) is 23.7. The molecule has 0 aliphatic rings. The molecule has 1 aromatic heterocycles. The standard InChI is InChI=1S/C22H17Cl2FN4O2S2/c23-16-6-11-19(24)20(12-16)29-21(13-26-33(30,31)18-9-7-17(25)8-10-18)27-28-22(29)32-14-15-4-2-1-3-5-15/h1-12,26H,13-14H2. The highest BCUT2D eigenvalue weighted by atomic mass is 35.5. The quantitative estimate of drug-likeness (QED) is 0.310. The van der Waals surface area contributed by atoms with E-state index >= 15 is 0 Å². The lowest BCUT2D eigenvalue weighted by molar-refractivity contribution is 0.577. The number of aromatic nitrogens is 3. The Labute approximate surface area is 204 Å². The van der Waals surface area contributed by atoms with Crippen molar-refractivity contribution in [2.45, 2.75) is 22.3 Å². The number of hydrogen-bond acceptors (Lipinski definition) is 5. The van der Waals surface area contributed by atoms with Gasteiger partial charge in [-0.25, -0.2) is 17.5 Å². The highest BCUT2D eigenvalue weighted by molar-refractivity contribution is 7.98. The van der Waals surface area contributed by atoms with Crippen molar-refractivity contribution in [3.05, 3.63) is 100 Å². The van der Waals surface area contributed by atoms with Gasteiger partial charge in [0.1, 0.15) is 5.82 Å². The third-order valence-corrected chi connectivity index (χ3v) is 7.58. The SMILES string of the molecule is O=S(=O)(NCc1nnc(SCc2ccccc2)n1-c1cc(Cl)ccc1Cl)c1ccc(F)cc1. The highest BCUT2D eigenvalue weighted by Crippen LogP contribution is 2.31. The van der Waals surface area contributed by atoms with Crippen LogP contribution in [0, 0.1) is 5.82 Å². The van der Waals surface area contributed by atoms with Crippen molar-refractivity contribution < 1.29 is 12.8 Å². The van der Waals surface area contributed by atoms with Gasteiger partial charge in [-0.1, -0.05) is 65.3 Å². The highest BCUT2D eigenvalue weighted by Gasteiger charge is 2.20. The molecule has 0 fully saturated rings. The number of halogens is 3. The van der Waals surface area contributed by atoms with Crippen molar-refractivity contribution in [3.8, 4) is 5.69 Å². The third kappa shape index (κ3) is 5.74. The van der Waals surface area contributed by atoms with E-state index in [2.05, 4.69) is 14.9 Å². The maximum atomic E-state index is 13.2. The predicted octanol–water partition coefficient (Wildman–Crippen LogP) is 5.48. The molecule has 0 aliphatic carbocycles. The van der Waals surface area contributed by atoms with E-state index in [0.29, 0.717) is 32.5 Å². The summed E-state index contributed by atoms with van der Waals surface area (Å²) in [6.07, 6.45) is 0. The van der Waals surface area contributed by atoms with Crippen LogP contribution in [0.3, 0.4) is 0 Å². The molecule has 0 atom stereocenters. The topological polar surface area (TPSA) is 76.9 Å². The molecule has 11 heteroatoms. The lowest BCUT2D eigenvalue weighted by Gasteiger charge is -2.13. The maximum absolute atomic E-state index is 13.2. The molecule has 4 aromatic rings. The van der Waals surface area contributed by atoms with Gasteiger partial charge in [-0.2, -0.15) is 0 Å². The van der Waals surface area contributed by atoms with Crippen LogP contribution in [0.5, 0.6) is 0 Å². The van der Waals surface area contributed by atoms with Gasteiger partial charge in [-0.05, 0) is 48.0 Å². The fourth-order valence-corrected chi connectivity index (χ4v) is 5.25. The van der Waals surface area contributed by atoms with E-state index in [-0.39, 0.29) is 11.4 Å². The monoisotopic (exact) mass is 522 g/mol. The van der Waals surface area contributed by atoms with Crippen molar-refractivity contribution in [1.29, 1.82) is 0 Å². The Bertz CT molecular complexity index is 1370. The normalized spacial score (nSPS) is 11.6. The van der Waals surface area contributed by atoms with Crippen LogP contribution < -0.4 is 4.72 Å². The molecule has 0 saturated carbocycles. The summed E-state index contributed by atoms with van der Waals surface area (Å²) in [5.74, 6) is 0.420. The van der Waals surface area contributed by atoms with Crippen LogP contribution in [0.2, 0.25) is 10.0 Å². The van der Waals surface area contributed by atoms with Gasteiger partial charge in [0.05, 0.1) is 22.2 Å². The minimum Gasteiger partial charge on any atom is -0.271 e. The summed E-state index contributed by atoms with van der Waals surface area (Å²) in [6.45, 7) is -0.165. The molecule has 0 radical (unpaired) electrons. The summed E-state index contributed by atoms with van der Waals surface area (Å²) in [7, 11) is -3.90. The third-order valence-electron chi connectivity index (χ3n) is 4.60. The Balaban J connectivity index is 1.65. The molecule has 0 aliphatic heterocycles. The van der Waals surface area contributed by atoms with Crippen LogP contribution in [0.1, 0.15) is 11.4 Å². The van der Waals surface area contributed by atoms with E-state index in [0.717, 1.165) is 17.7 Å². The predicted molar refractivity (Wildman–Crippen MR) is 128 cm³/mol. The van der Waals surface area contributed by atoms with Crippen LogP contribution in [-0.2, 0) is 22.3 Å². The van der Waals surface area contributed by atoms with Crippen molar-refractivity contribution >= 4 is 45.0 Å². The fraction of sp³-hybridized carbons (Fsp3) is 0.0909. The first-order chi connectivity index (χ1) is 15.8. The number of hydrogen-bond donors (Lipinski definition) is 1. The average Bonchev–Trinajstić information content (AvgIpc) is 3.21. The van der Waals surface area contributed by atoms with Crippen LogP contribution in [0.25, 0.3) is 5.69 Å². The van der Waals surface area contributed by atoms with E-state index in [1.54, 1.807) is 22.8 Å². The minimum atomic E-state index is -3.90. The average molecular weight is 523 g/mol. The van der Waals surface area contributed by atoms with Gasteiger partial charge >= 0.3 is 0 Å². The molecule has 0 saturated heterocycles. The van der Waals surface area contributed by atoms with Gasteiger partial charge in [0.25, 0.3) is 0 Å². The first-order valence-electron chi connectivity index (χ1n) is 9.65. The summed E-state index contributed by atoms with van der Waals surface area (Å²) in [5, 5.41) is 9.83. The largest absolute Gasteiger partial charge is 0.271 e. The summed E-state index contributed by atoms with van der Waals surface area (Å²) in [5.41, 5.74) is 1.62. The summed E-state index contributed by atoms with van der Waals surface area (Å²) >= 11 is 14.1. The van der Waals surface area contributed by atoms with E-state index in [1.165, 1.54) is 23.9 Å². The number of nitrogens with zero attached hydrogens (tertiary/aromatic N) is 3. The molecule has 0 spiro atoms. The van der Waals surface area contributed by atoms with E-state index in [9.17, 15) is 12.8 Å². The molecule has 0 bridgehead atoms. The van der Waals surface area contributed by atoms with Crippen LogP contribution >= 0.6 is 35.0 Å². The molecule has 1 heterocycles. The van der Waals surface area contributed by atoms with Crippen LogP contribution in [0.15, 0.2) is 82.8 Å². The summed E-state index contributed by atoms with van der Waals surface area (Å²) < 4.78 is 42.7. The molecule has 6 nitrogen and oxygen atoms in total. The Morgan fingerprint density at radius 2 is 1.70 bits per heavy atom. The lowest BCUT2D eigenvalue weighted by atomic mass is 10.2.